The molecule has 2 aromatic rings. The van der Waals surface area contributed by atoms with Crippen LogP contribution in [0.3, 0.4) is 0 Å². The number of aliphatic hydroxyl groups excluding tert-OH is 1. The summed E-state index contributed by atoms with van der Waals surface area (Å²) in [5.41, 5.74) is 1.54. The summed E-state index contributed by atoms with van der Waals surface area (Å²) >= 11 is 1.42. The van der Waals surface area contributed by atoms with E-state index in [0.29, 0.717) is 16.4 Å². The predicted octanol–water partition coefficient (Wildman–Crippen LogP) is 2.30. The van der Waals surface area contributed by atoms with E-state index in [0.717, 1.165) is 12.0 Å². The molecule has 1 amide bonds. The molecular weight excluding hydrogens is 272 g/mol. The molecule has 2 aromatic heterocycles. The second-order valence-corrected chi connectivity index (χ2v) is 4.87. The number of aliphatic hydroxyl groups is 1. The topological polar surface area (TPSA) is 62.2 Å². The number of hydrogen-bond acceptors (Lipinski definition) is 4. The van der Waals surface area contributed by atoms with Crippen LogP contribution in [0.2, 0.25) is 0 Å². The lowest BCUT2D eigenvalue weighted by Crippen LogP contribution is -2.13. The molecule has 0 aliphatic carbocycles. The van der Waals surface area contributed by atoms with Crippen molar-refractivity contribution in [2.45, 2.75) is 13.3 Å². The number of hydrogen-bond donors (Lipinski definition) is 2. The standard InChI is InChI=1S/C15H14N2O2S/c1-2-11-8-10-20-14(11)15(19)17-13-7-3-5-12(16-13)6-4-9-18/h3,5,7-8,10,18H,2,9H2,1H3,(H,16,17,19). The maximum absolute atomic E-state index is 12.2. The summed E-state index contributed by atoms with van der Waals surface area (Å²) in [6.45, 7) is 1.80. The van der Waals surface area contributed by atoms with Crippen molar-refractivity contribution in [1.82, 2.24) is 4.98 Å². The zero-order chi connectivity index (χ0) is 14.4. The Hall–Kier alpha value is -2.16. The van der Waals surface area contributed by atoms with Crippen molar-refractivity contribution in [3.63, 3.8) is 0 Å². The molecule has 2 heterocycles. The summed E-state index contributed by atoms with van der Waals surface area (Å²) in [4.78, 5) is 17.1. The first-order chi connectivity index (χ1) is 9.74. The molecule has 4 nitrogen and oxygen atoms in total. The summed E-state index contributed by atoms with van der Waals surface area (Å²) in [6, 6.07) is 7.15. The van der Waals surface area contributed by atoms with Gasteiger partial charge in [0, 0.05) is 0 Å². The third kappa shape index (κ3) is 3.44. The third-order valence-corrected chi connectivity index (χ3v) is 3.58. The highest BCUT2D eigenvalue weighted by molar-refractivity contribution is 7.12. The molecule has 0 atom stereocenters. The molecule has 2 N–H and O–H groups in total. The van der Waals surface area contributed by atoms with Crippen LogP contribution >= 0.6 is 11.3 Å². The van der Waals surface area contributed by atoms with Gasteiger partial charge in [-0.15, -0.1) is 11.3 Å². The lowest BCUT2D eigenvalue weighted by molar-refractivity contribution is 0.102. The molecule has 5 heteroatoms. The van der Waals surface area contributed by atoms with Crippen LogP contribution < -0.4 is 5.32 Å². The van der Waals surface area contributed by atoms with Crippen LogP contribution in [-0.4, -0.2) is 22.6 Å². The zero-order valence-corrected chi connectivity index (χ0v) is 11.8. The van der Waals surface area contributed by atoms with E-state index in [2.05, 4.69) is 22.1 Å². The molecule has 0 aliphatic rings. The zero-order valence-electron chi connectivity index (χ0n) is 11.0. The Kier molecular flexibility index (Phi) is 4.88. The minimum absolute atomic E-state index is 0.156. The van der Waals surface area contributed by atoms with Crippen LogP contribution in [0, 0.1) is 11.8 Å². The van der Waals surface area contributed by atoms with Gasteiger partial charge >= 0.3 is 0 Å². The van der Waals surface area contributed by atoms with Crippen molar-refractivity contribution in [1.29, 1.82) is 0 Å². The lowest BCUT2D eigenvalue weighted by Gasteiger charge is -2.04. The summed E-state index contributed by atoms with van der Waals surface area (Å²) in [7, 11) is 0. The number of anilines is 1. The first kappa shape index (κ1) is 14.3. The monoisotopic (exact) mass is 286 g/mol. The van der Waals surface area contributed by atoms with E-state index >= 15 is 0 Å². The van der Waals surface area contributed by atoms with Gasteiger partial charge in [0.2, 0.25) is 0 Å². The van der Waals surface area contributed by atoms with Gasteiger partial charge in [-0.25, -0.2) is 4.98 Å². The number of rotatable bonds is 3. The summed E-state index contributed by atoms with van der Waals surface area (Å²) in [6.07, 6.45) is 0.821. The van der Waals surface area contributed by atoms with Gasteiger partial charge < -0.3 is 10.4 Å². The third-order valence-electron chi connectivity index (χ3n) is 2.62. The Balaban J connectivity index is 2.16. The number of thiophene rings is 1. The molecule has 0 fully saturated rings. The smallest absolute Gasteiger partial charge is 0.267 e. The fourth-order valence-corrected chi connectivity index (χ4v) is 2.58. The summed E-state index contributed by atoms with van der Waals surface area (Å²) < 4.78 is 0. The van der Waals surface area contributed by atoms with E-state index in [4.69, 9.17) is 5.11 Å². The molecule has 0 radical (unpaired) electrons. The highest BCUT2D eigenvalue weighted by Crippen LogP contribution is 2.18. The van der Waals surface area contributed by atoms with Crippen LogP contribution in [0.15, 0.2) is 29.6 Å². The molecule has 0 saturated carbocycles. The van der Waals surface area contributed by atoms with Crippen molar-refractivity contribution in [3.8, 4) is 11.8 Å². The fourth-order valence-electron chi connectivity index (χ4n) is 1.69. The number of nitrogens with one attached hydrogen (secondary N) is 1. The number of aryl methyl sites for hydroxylation is 1. The maximum Gasteiger partial charge on any atom is 0.267 e. The number of nitrogens with zero attached hydrogens (tertiary/aromatic N) is 1. The van der Waals surface area contributed by atoms with E-state index in [1.54, 1.807) is 18.2 Å². The van der Waals surface area contributed by atoms with Crippen molar-refractivity contribution in [2.24, 2.45) is 0 Å². The van der Waals surface area contributed by atoms with Gasteiger partial charge in [-0.2, -0.15) is 0 Å². The van der Waals surface area contributed by atoms with Crippen molar-refractivity contribution < 1.29 is 9.90 Å². The Morgan fingerprint density at radius 1 is 1.45 bits per heavy atom. The molecule has 0 aromatic carbocycles. The summed E-state index contributed by atoms with van der Waals surface area (Å²) in [5.74, 6) is 5.53. The van der Waals surface area contributed by atoms with Crippen LogP contribution in [-0.2, 0) is 6.42 Å². The lowest BCUT2D eigenvalue weighted by atomic mass is 10.2. The average molecular weight is 286 g/mol. The molecule has 20 heavy (non-hydrogen) atoms. The molecule has 0 saturated heterocycles. The molecule has 0 aliphatic heterocycles. The molecule has 0 bridgehead atoms. The van der Waals surface area contributed by atoms with Crippen molar-refractivity contribution >= 4 is 23.1 Å². The van der Waals surface area contributed by atoms with Gasteiger partial charge in [0.25, 0.3) is 5.91 Å². The second-order valence-electron chi connectivity index (χ2n) is 3.95. The number of pyridine rings is 1. The van der Waals surface area contributed by atoms with Gasteiger partial charge in [0.05, 0.1) is 4.88 Å². The van der Waals surface area contributed by atoms with Crippen LogP contribution in [0.4, 0.5) is 5.82 Å². The first-order valence-electron chi connectivity index (χ1n) is 6.19. The number of carbonyl (C=O) groups is 1. The van der Waals surface area contributed by atoms with E-state index in [-0.39, 0.29) is 12.5 Å². The number of aromatic nitrogens is 1. The summed E-state index contributed by atoms with van der Waals surface area (Å²) in [5, 5.41) is 13.3. The predicted molar refractivity (Wildman–Crippen MR) is 79.9 cm³/mol. The van der Waals surface area contributed by atoms with Crippen molar-refractivity contribution in [2.75, 3.05) is 11.9 Å². The Morgan fingerprint density at radius 2 is 2.30 bits per heavy atom. The highest BCUT2D eigenvalue weighted by atomic mass is 32.1. The fraction of sp³-hybridized carbons (Fsp3) is 0.200. The van der Waals surface area contributed by atoms with E-state index in [1.807, 2.05) is 18.4 Å². The SMILES string of the molecule is CCc1ccsc1C(=O)Nc1cccc(C#CCO)n1. The van der Waals surface area contributed by atoms with E-state index < -0.39 is 0 Å². The van der Waals surface area contributed by atoms with E-state index in [9.17, 15) is 4.79 Å². The average Bonchev–Trinajstić information content (AvgIpc) is 2.94. The normalized spacial score (nSPS) is 9.70. The van der Waals surface area contributed by atoms with Crippen molar-refractivity contribution in [3.05, 3.63) is 45.8 Å². The molecule has 2 rings (SSSR count). The maximum atomic E-state index is 12.2. The Morgan fingerprint density at radius 3 is 3.05 bits per heavy atom. The van der Waals surface area contributed by atoms with Gasteiger partial charge in [0.1, 0.15) is 18.1 Å². The molecule has 102 valence electrons. The van der Waals surface area contributed by atoms with E-state index in [1.165, 1.54) is 11.3 Å². The minimum Gasteiger partial charge on any atom is -0.384 e. The van der Waals surface area contributed by atoms with Crippen LogP contribution in [0.25, 0.3) is 0 Å². The van der Waals surface area contributed by atoms with Gasteiger partial charge in [-0.3, -0.25) is 4.79 Å². The Bertz CT molecular complexity index is 668. The van der Waals surface area contributed by atoms with Crippen LogP contribution in [0.5, 0.6) is 0 Å². The first-order valence-corrected chi connectivity index (χ1v) is 7.07. The van der Waals surface area contributed by atoms with Gasteiger partial charge in [-0.05, 0) is 41.5 Å². The second kappa shape index (κ2) is 6.85. The Labute approximate surface area is 121 Å². The van der Waals surface area contributed by atoms with Crippen LogP contribution in [0.1, 0.15) is 27.9 Å². The number of amides is 1. The largest absolute Gasteiger partial charge is 0.384 e. The van der Waals surface area contributed by atoms with Gasteiger partial charge in [0.15, 0.2) is 0 Å². The number of carbonyl (C=O) groups excluding carboxylic acids is 1. The minimum atomic E-state index is -0.215. The molecule has 0 unspecified atom stereocenters. The highest BCUT2D eigenvalue weighted by Gasteiger charge is 2.12. The van der Waals surface area contributed by atoms with Gasteiger partial charge in [-0.1, -0.05) is 18.9 Å². The quantitative estimate of drug-likeness (QED) is 0.851. The molecular formula is C15H14N2O2S. The molecule has 0 spiro atoms.